The quantitative estimate of drug-likeness (QED) is 0.719. The van der Waals surface area contributed by atoms with Gasteiger partial charge in [0.05, 0.1) is 0 Å². The van der Waals surface area contributed by atoms with Crippen LogP contribution >= 0.6 is 11.6 Å². The Morgan fingerprint density at radius 1 is 1.16 bits per heavy atom. The molecular weight excluding hydrogens is 348 g/mol. The van der Waals surface area contributed by atoms with Crippen molar-refractivity contribution in [2.45, 2.75) is 40.2 Å². The Balaban J connectivity index is 2.38. The number of amides is 3. The minimum absolute atomic E-state index is 0.0606. The summed E-state index contributed by atoms with van der Waals surface area (Å²) in [5, 5.41) is 5.22. The molecule has 0 saturated heterocycles. The Kier molecular flexibility index (Phi) is 8.21. The monoisotopic (exact) mass is 370 g/mol. The molecule has 3 amide bonds. The fourth-order valence-corrected chi connectivity index (χ4v) is 2.30. The number of ether oxygens (including phenoxy) is 2. The van der Waals surface area contributed by atoms with Crippen molar-refractivity contribution in [1.29, 1.82) is 0 Å². The number of imide groups is 1. The molecule has 0 fully saturated rings. The Morgan fingerprint density at radius 2 is 1.76 bits per heavy atom. The summed E-state index contributed by atoms with van der Waals surface area (Å²) in [5.74, 6) is -0.891. The maximum absolute atomic E-state index is 11.7. The van der Waals surface area contributed by atoms with Crippen LogP contribution in [0.15, 0.2) is 12.1 Å². The van der Waals surface area contributed by atoms with Crippen LogP contribution in [0.25, 0.3) is 0 Å². The topological polar surface area (TPSA) is 93.7 Å². The van der Waals surface area contributed by atoms with Crippen molar-refractivity contribution < 1.29 is 23.9 Å². The standard InChI is InChI=1S/C17H23ClN2O5/c1-5-12(4)19-17(23)20-14(21)8-24-15(22)9-25-16-10(2)6-13(18)7-11(16)3/h6-7,12H,5,8-9H2,1-4H3,(H2,19,20,21,23)/t12-/m0/s1. The lowest BCUT2D eigenvalue weighted by atomic mass is 10.1. The summed E-state index contributed by atoms with van der Waals surface area (Å²) >= 11 is 5.93. The SMILES string of the molecule is CC[C@H](C)NC(=O)NC(=O)COC(=O)COc1c(C)cc(Cl)cc1C. The van der Waals surface area contributed by atoms with Crippen molar-refractivity contribution in [2.24, 2.45) is 0 Å². The van der Waals surface area contributed by atoms with Crippen LogP contribution in [0.3, 0.4) is 0 Å². The number of carbonyl (C=O) groups is 3. The molecule has 1 atom stereocenters. The van der Waals surface area contributed by atoms with E-state index in [2.05, 4.69) is 10.6 Å². The molecule has 0 spiro atoms. The van der Waals surface area contributed by atoms with Crippen molar-refractivity contribution in [2.75, 3.05) is 13.2 Å². The van der Waals surface area contributed by atoms with Crippen molar-refractivity contribution in [3.05, 3.63) is 28.3 Å². The Labute approximate surface area is 152 Å². The Bertz CT molecular complexity index is 625. The molecule has 1 aromatic rings. The number of hydrogen-bond donors (Lipinski definition) is 2. The summed E-state index contributed by atoms with van der Waals surface area (Å²) in [6, 6.07) is 2.76. The predicted octanol–water partition coefficient (Wildman–Crippen LogP) is 2.50. The van der Waals surface area contributed by atoms with Crippen LogP contribution in [0, 0.1) is 13.8 Å². The number of aryl methyl sites for hydroxylation is 2. The van der Waals surface area contributed by atoms with E-state index in [4.69, 9.17) is 21.1 Å². The average molecular weight is 371 g/mol. The molecule has 1 aromatic carbocycles. The maximum Gasteiger partial charge on any atom is 0.344 e. The van der Waals surface area contributed by atoms with Crippen LogP contribution in [0.2, 0.25) is 5.02 Å². The first-order valence-corrected chi connectivity index (χ1v) is 8.26. The highest BCUT2D eigenvalue weighted by Crippen LogP contribution is 2.26. The van der Waals surface area contributed by atoms with Gasteiger partial charge in [0.2, 0.25) is 0 Å². The van der Waals surface area contributed by atoms with Gasteiger partial charge in [-0.25, -0.2) is 9.59 Å². The number of hydrogen-bond acceptors (Lipinski definition) is 5. The molecule has 1 rings (SSSR count). The Morgan fingerprint density at radius 3 is 2.32 bits per heavy atom. The lowest BCUT2D eigenvalue weighted by molar-refractivity contribution is -0.150. The van der Waals surface area contributed by atoms with Gasteiger partial charge in [-0.1, -0.05) is 18.5 Å². The molecule has 0 aliphatic carbocycles. The minimum atomic E-state index is -0.716. The van der Waals surface area contributed by atoms with Crippen molar-refractivity contribution in [3.63, 3.8) is 0 Å². The van der Waals surface area contributed by atoms with Crippen molar-refractivity contribution in [1.82, 2.24) is 10.6 Å². The molecular formula is C17H23ClN2O5. The van der Waals surface area contributed by atoms with Gasteiger partial charge in [-0.2, -0.15) is 0 Å². The summed E-state index contributed by atoms with van der Waals surface area (Å²) in [5.41, 5.74) is 1.58. The minimum Gasteiger partial charge on any atom is -0.481 e. The molecule has 0 saturated carbocycles. The van der Waals surface area contributed by atoms with Gasteiger partial charge in [0.25, 0.3) is 5.91 Å². The first kappa shape index (κ1) is 20.8. The second-order valence-corrected chi connectivity index (χ2v) is 6.09. The first-order valence-electron chi connectivity index (χ1n) is 7.88. The van der Waals surface area contributed by atoms with E-state index in [0.29, 0.717) is 10.8 Å². The maximum atomic E-state index is 11.7. The summed E-state index contributed by atoms with van der Waals surface area (Å²) in [6.45, 7) is 6.41. The molecule has 0 bridgehead atoms. The molecule has 2 N–H and O–H groups in total. The molecule has 0 aliphatic rings. The van der Waals surface area contributed by atoms with Gasteiger partial charge >= 0.3 is 12.0 Å². The smallest absolute Gasteiger partial charge is 0.344 e. The van der Waals surface area contributed by atoms with Gasteiger partial charge in [0.15, 0.2) is 13.2 Å². The molecule has 0 heterocycles. The van der Waals surface area contributed by atoms with Crippen LogP contribution in [0.5, 0.6) is 5.75 Å². The number of carbonyl (C=O) groups excluding carboxylic acids is 3. The number of urea groups is 1. The van der Waals surface area contributed by atoms with E-state index in [1.807, 2.05) is 27.7 Å². The molecule has 0 aliphatic heterocycles. The molecule has 8 heteroatoms. The van der Waals surface area contributed by atoms with Crippen LogP contribution in [-0.4, -0.2) is 37.2 Å². The number of halogens is 1. The summed E-state index contributed by atoms with van der Waals surface area (Å²) < 4.78 is 10.2. The highest BCUT2D eigenvalue weighted by atomic mass is 35.5. The predicted molar refractivity (Wildman–Crippen MR) is 93.8 cm³/mol. The number of esters is 1. The molecule has 25 heavy (non-hydrogen) atoms. The van der Waals surface area contributed by atoms with Gasteiger partial charge in [-0.3, -0.25) is 10.1 Å². The van der Waals surface area contributed by atoms with Crippen LogP contribution in [-0.2, 0) is 14.3 Å². The number of benzene rings is 1. The van der Waals surface area contributed by atoms with E-state index in [9.17, 15) is 14.4 Å². The third kappa shape index (κ3) is 7.43. The van der Waals surface area contributed by atoms with E-state index < -0.39 is 24.5 Å². The molecule has 138 valence electrons. The van der Waals surface area contributed by atoms with Crippen molar-refractivity contribution >= 4 is 29.5 Å². The normalized spacial score (nSPS) is 11.4. The van der Waals surface area contributed by atoms with Crippen molar-refractivity contribution in [3.8, 4) is 5.75 Å². The largest absolute Gasteiger partial charge is 0.481 e. The summed E-state index contributed by atoms with van der Waals surface area (Å²) in [7, 11) is 0. The van der Waals surface area contributed by atoms with E-state index >= 15 is 0 Å². The van der Waals surface area contributed by atoms with Gasteiger partial charge in [-0.15, -0.1) is 0 Å². The zero-order valence-corrected chi connectivity index (χ0v) is 15.5. The Hall–Kier alpha value is -2.28. The lowest BCUT2D eigenvalue weighted by Gasteiger charge is -2.13. The van der Waals surface area contributed by atoms with Crippen LogP contribution in [0.4, 0.5) is 4.79 Å². The second-order valence-electron chi connectivity index (χ2n) is 5.65. The fourth-order valence-electron chi connectivity index (χ4n) is 1.97. The average Bonchev–Trinajstić information content (AvgIpc) is 2.51. The molecule has 0 aromatic heterocycles. The summed E-state index contributed by atoms with van der Waals surface area (Å²) in [4.78, 5) is 34.7. The summed E-state index contributed by atoms with van der Waals surface area (Å²) in [6.07, 6.45) is 0.734. The zero-order chi connectivity index (χ0) is 19.0. The van der Waals surface area contributed by atoms with Gasteiger partial charge in [0, 0.05) is 11.1 Å². The van der Waals surface area contributed by atoms with Crippen LogP contribution < -0.4 is 15.4 Å². The van der Waals surface area contributed by atoms with E-state index in [1.165, 1.54) is 0 Å². The third-order valence-electron chi connectivity index (χ3n) is 3.37. The van der Waals surface area contributed by atoms with Gasteiger partial charge in [-0.05, 0) is 50.5 Å². The highest BCUT2D eigenvalue weighted by Gasteiger charge is 2.14. The number of nitrogens with one attached hydrogen (secondary N) is 2. The van der Waals surface area contributed by atoms with Gasteiger partial charge < -0.3 is 14.8 Å². The second kappa shape index (κ2) is 9.88. The third-order valence-corrected chi connectivity index (χ3v) is 3.58. The van der Waals surface area contributed by atoms with E-state index in [-0.39, 0.29) is 12.6 Å². The first-order chi connectivity index (χ1) is 11.7. The van der Waals surface area contributed by atoms with E-state index in [1.54, 1.807) is 12.1 Å². The highest BCUT2D eigenvalue weighted by molar-refractivity contribution is 6.30. The number of rotatable bonds is 7. The fraction of sp³-hybridized carbons (Fsp3) is 0.471. The lowest BCUT2D eigenvalue weighted by Crippen LogP contribution is -2.44. The van der Waals surface area contributed by atoms with E-state index in [0.717, 1.165) is 17.5 Å². The molecule has 7 nitrogen and oxygen atoms in total. The van der Waals surface area contributed by atoms with Gasteiger partial charge in [0.1, 0.15) is 5.75 Å². The molecule has 0 unspecified atom stereocenters. The van der Waals surface area contributed by atoms with Crippen LogP contribution in [0.1, 0.15) is 31.4 Å². The zero-order valence-electron chi connectivity index (χ0n) is 14.8. The molecule has 0 radical (unpaired) electrons.